The van der Waals surface area contributed by atoms with Gasteiger partial charge in [0.2, 0.25) is 0 Å². The van der Waals surface area contributed by atoms with E-state index in [4.69, 9.17) is 0 Å². The minimum Gasteiger partial charge on any atom is -0.268 e. The van der Waals surface area contributed by atoms with Crippen LogP contribution in [0.2, 0.25) is 0 Å². The molecule has 0 radical (unpaired) electrons. The number of hydrogen-bond donors (Lipinski definition) is 0. The van der Waals surface area contributed by atoms with Gasteiger partial charge in [0.15, 0.2) is 5.16 Å². The molecule has 0 amide bonds. The first kappa shape index (κ1) is 12.9. The lowest BCUT2D eigenvalue weighted by atomic mass is 10.2. The monoisotopic (exact) mass is 282 g/mol. The summed E-state index contributed by atoms with van der Waals surface area (Å²) in [5.41, 5.74) is 2.70. The van der Waals surface area contributed by atoms with Crippen molar-refractivity contribution in [3.05, 3.63) is 64.4 Å². The van der Waals surface area contributed by atoms with E-state index < -0.39 is 0 Å². The van der Waals surface area contributed by atoms with Crippen LogP contribution >= 0.6 is 11.8 Å². The van der Waals surface area contributed by atoms with Gasteiger partial charge in [-0.25, -0.2) is 4.98 Å². The Kier molecular flexibility index (Phi) is 3.32. The standard InChI is InChI=1S/C16H14N2OS/c1-11-6-5-7-12(10-11)18-15(19)13-8-3-4-9-14(13)17-16(18)20-2/h3-10H,1-2H3. The number of para-hydroxylation sites is 1. The van der Waals surface area contributed by atoms with Crippen LogP contribution in [0, 0.1) is 6.92 Å². The second-order valence-electron chi connectivity index (χ2n) is 4.60. The number of hydrogen-bond acceptors (Lipinski definition) is 3. The van der Waals surface area contributed by atoms with Gasteiger partial charge in [-0.05, 0) is 43.0 Å². The van der Waals surface area contributed by atoms with Crippen molar-refractivity contribution in [3.8, 4) is 5.69 Å². The Morgan fingerprint density at radius 3 is 2.65 bits per heavy atom. The molecule has 2 aromatic carbocycles. The number of thioether (sulfide) groups is 1. The third kappa shape index (κ3) is 2.12. The van der Waals surface area contributed by atoms with Crippen molar-refractivity contribution in [2.45, 2.75) is 12.1 Å². The van der Waals surface area contributed by atoms with Gasteiger partial charge in [0, 0.05) is 0 Å². The topological polar surface area (TPSA) is 34.9 Å². The van der Waals surface area contributed by atoms with E-state index in [2.05, 4.69) is 4.98 Å². The normalized spacial score (nSPS) is 10.9. The van der Waals surface area contributed by atoms with Crippen LogP contribution in [0.1, 0.15) is 5.56 Å². The van der Waals surface area contributed by atoms with Crippen LogP contribution in [0.25, 0.3) is 16.6 Å². The van der Waals surface area contributed by atoms with Crippen molar-refractivity contribution in [3.63, 3.8) is 0 Å². The summed E-state index contributed by atoms with van der Waals surface area (Å²) in [7, 11) is 0. The van der Waals surface area contributed by atoms with Crippen LogP contribution in [0.3, 0.4) is 0 Å². The van der Waals surface area contributed by atoms with E-state index >= 15 is 0 Å². The predicted octanol–water partition coefficient (Wildman–Crippen LogP) is 3.42. The van der Waals surface area contributed by atoms with Gasteiger partial charge in [0.1, 0.15) is 0 Å². The van der Waals surface area contributed by atoms with Crippen LogP contribution < -0.4 is 5.56 Å². The summed E-state index contributed by atoms with van der Waals surface area (Å²) in [4.78, 5) is 17.3. The molecular formula is C16H14N2OS. The highest BCUT2D eigenvalue weighted by Crippen LogP contribution is 2.19. The Bertz CT molecular complexity index is 839. The quantitative estimate of drug-likeness (QED) is 0.533. The molecule has 0 bridgehead atoms. The lowest BCUT2D eigenvalue weighted by molar-refractivity contribution is 0.821. The highest BCUT2D eigenvalue weighted by atomic mass is 32.2. The molecule has 1 heterocycles. The first-order valence-corrected chi connectivity index (χ1v) is 7.56. The largest absolute Gasteiger partial charge is 0.268 e. The summed E-state index contributed by atoms with van der Waals surface area (Å²) < 4.78 is 1.68. The summed E-state index contributed by atoms with van der Waals surface area (Å²) in [6, 6.07) is 15.4. The van der Waals surface area contributed by atoms with Crippen molar-refractivity contribution in [2.24, 2.45) is 0 Å². The molecule has 0 saturated heterocycles. The molecule has 0 saturated carbocycles. The lowest BCUT2D eigenvalue weighted by Gasteiger charge is -2.12. The molecule has 3 rings (SSSR count). The van der Waals surface area contributed by atoms with Gasteiger partial charge >= 0.3 is 0 Å². The van der Waals surface area contributed by atoms with Gasteiger partial charge in [-0.2, -0.15) is 0 Å². The summed E-state index contributed by atoms with van der Waals surface area (Å²) in [6.45, 7) is 2.02. The highest BCUT2D eigenvalue weighted by molar-refractivity contribution is 7.98. The van der Waals surface area contributed by atoms with E-state index in [9.17, 15) is 4.79 Å². The fraction of sp³-hybridized carbons (Fsp3) is 0.125. The molecule has 0 spiro atoms. The minimum atomic E-state index is -0.0226. The zero-order valence-electron chi connectivity index (χ0n) is 11.3. The number of fused-ring (bicyclic) bond motifs is 1. The Morgan fingerprint density at radius 2 is 1.90 bits per heavy atom. The first-order chi connectivity index (χ1) is 9.70. The maximum Gasteiger partial charge on any atom is 0.266 e. The highest BCUT2D eigenvalue weighted by Gasteiger charge is 2.11. The lowest BCUT2D eigenvalue weighted by Crippen LogP contribution is -2.21. The third-order valence-electron chi connectivity index (χ3n) is 3.19. The number of aromatic nitrogens is 2. The predicted molar refractivity (Wildman–Crippen MR) is 83.9 cm³/mol. The van der Waals surface area contributed by atoms with Gasteiger partial charge in [0.25, 0.3) is 5.56 Å². The van der Waals surface area contributed by atoms with E-state index in [1.54, 1.807) is 4.57 Å². The minimum absolute atomic E-state index is 0.0226. The van der Waals surface area contributed by atoms with E-state index in [1.807, 2.05) is 61.7 Å². The van der Waals surface area contributed by atoms with Crippen LogP contribution in [-0.4, -0.2) is 15.8 Å². The SMILES string of the molecule is CSc1nc2ccccc2c(=O)n1-c1cccc(C)c1. The van der Waals surface area contributed by atoms with Gasteiger partial charge in [-0.1, -0.05) is 36.0 Å². The van der Waals surface area contributed by atoms with Crippen molar-refractivity contribution in [2.75, 3.05) is 6.26 Å². The number of rotatable bonds is 2. The Labute approximate surface area is 121 Å². The van der Waals surface area contributed by atoms with Crippen molar-refractivity contribution in [1.82, 2.24) is 9.55 Å². The molecule has 1 aromatic heterocycles. The van der Waals surface area contributed by atoms with E-state index in [0.717, 1.165) is 16.8 Å². The van der Waals surface area contributed by atoms with Gasteiger partial charge in [-0.15, -0.1) is 0 Å². The second kappa shape index (κ2) is 5.13. The van der Waals surface area contributed by atoms with E-state index in [1.165, 1.54) is 11.8 Å². The van der Waals surface area contributed by atoms with E-state index in [0.29, 0.717) is 10.5 Å². The van der Waals surface area contributed by atoms with Crippen molar-refractivity contribution < 1.29 is 0 Å². The summed E-state index contributed by atoms with van der Waals surface area (Å²) in [6.07, 6.45) is 1.93. The average molecular weight is 282 g/mol. The van der Waals surface area contributed by atoms with Crippen molar-refractivity contribution >= 4 is 22.7 Å². The molecule has 0 fully saturated rings. The maximum atomic E-state index is 12.7. The van der Waals surface area contributed by atoms with Gasteiger partial charge < -0.3 is 0 Å². The zero-order chi connectivity index (χ0) is 14.1. The van der Waals surface area contributed by atoms with E-state index in [-0.39, 0.29) is 5.56 Å². The van der Waals surface area contributed by atoms with Crippen LogP contribution in [-0.2, 0) is 0 Å². The molecular weight excluding hydrogens is 268 g/mol. The second-order valence-corrected chi connectivity index (χ2v) is 5.37. The summed E-state index contributed by atoms with van der Waals surface area (Å²) in [5.74, 6) is 0. The Morgan fingerprint density at radius 1 is 1.10 bits per heavy atom. The smallest absolute Gasteiger partial charge is 0.266 e. The van der Waals surface area contributed by atoms with Crippen molar-refractivity contribution in [1.29, 1.82) is 0 Å². The third-order valence-corrected chi connectivity index (χ3v) is 3.83. The zero-order valence-corrected chi connectivity index (χ0v) is 12.1. The molecule has 0 N–H and O–H groups in total. The molecule has 100 valence electrons. The summed E-state index contributed by atoms with van der Waals surface area (Å²) >= 11 is 1.48. The van der Waals surface area contributed by atoms with Gasteiger partial charge in [-0.3, -0.25) is 9.36 Å². The number of nitrogens with zero attached hydrogens (tertiary/aromatic N) is 2. The number of aryl methyl sites for hydroxylation is 1. The van der Waals surface area contributed by atoms with Crippen LogP contribution in [0.5, 0.6) is 0 Å². The Balaban J connectivity index is 2.40. The molecule has 0 aliphatic rings. The first-order valence-electron chi connectivity index (χ1n) is 6.33. The average Bonchev–Trinajstić information content (AvgIpc) is 2.47. The van der Waals surface area contributed by atoms with Gasteiger partial charge in [0.05, 0.1) is 16.6 Å². The van der Waals surface area contributed by atoms with Crippen LogP contribution in [0.4, 0.5) is 0 Å². The van der Waals surface area contributed by atoms with Crippen LogP contribution in [0.15, 0.2) is 58.5 Å². The Hall–Kier alpha value is -2.07. The molecule has 0 aliphatic heterocycles. The fourth-order valence-electron chi connectivity index (χ4n) is 2.24. The molecule has 0 aliphatic carbocycles. The maximum absolute atomic E-state index is 12.7. The molecule has 0 atom stereocenters. The molecule has 3 aromatic rings. The molecule has 20 heavy (non-hydrogen) atoms. The molecule has 0 unspecified atom stereocenters. The fourth-order valence-corrected chi connectivity index (χ4v) is 2.80. The number of benzene rings is 2. The molecule has 4 heteroatoms. The molecule has 3 nitrogen and oxygen atoms in total. The summed E-state index contributed by atoms with van der Waals surface area (Å²) in [5, 5.41) is 1.35.